The predicted octanol–water partition coefficient (Wildman–Crippen LogP) is 8.12. The standard InChI is InChI=1S/C45H48ClN9O5/c1-27-23-34(53-60-27)45(26-48-43(57)59-44(2,3)4)31-19-21-54(24-32(31)45)41-33(25-56)49-39-38(52-55(42(39)51-41)35-17-11-12-22-58-35)30-18-20-47-40(36(30)46)50-37(28-13-7-5-8-14-28)29-15-9-6-10-16-29/h5-10,13-16,18,20,23,31-32,35,56H,11-12,17,19,21-22,24-26H2,1-4H3,(H,48,57). The summed E-state index contributed by atoms with van der Waals surface area (Å²) in [5.41, 5.74) is 4.80. The Morgan fingerprint density at radius 1 is 1.03 bits per heavy atom. The van der Waals surface area contributed by atoms with Gasteiger partial charge in [-0.25, -0.2) is 29.4 Å². The minimum absolute atomic E-state index is 0.114. The summed E-state index contributed by atoms with van der Waals surface area (Å²) in [4.78, 5) is 35.1. The fourth-order valence-electron chi connectivity index (χ4n) is 8.94. The second-order valence-electron chi connectivity index (χ2n) is 16.8. The Morgan fingerprint density at radius 2 is 1.78 bits per heavy atom. The summed E-state index contributed by atoms with van der Waals surface area (Å²) in [7, 11) is 0. The third-order valence-corrected chi connectivity index (χ3v) is 12.1. The monoisotopic (exact) mass is 829 g/mol. The summed E-state index contributed by atoms with van der Waals surface area (Å²) >= 11 is 7.26. The van der Waals surface area contributed by atoms with E-state index in [1.165, 1.54) is 0 Å². The summed E-state index contributed by atoms with van der Waals surface area (Å²) in [5.74, 6) is 1.97. The van der Waals surface area contributed by atoms with Crippen LogP contribution in [0.15, 0.2) is 88.5 Å². The predicted molar refractivity (Wildman–Crippen MR) is 227 cm³/mol. The maximum absolute atomic E-state index is 12.9. The first-order valence-corrected chi connectivity index (χ1v) is 20.9. The molecule has 2 aromatic carbocycles. The first-order chi connectivity index (χ1) is 29.0. The number of amides is 1. The van der Waals surface area contributed by atoms with Gasteiger partial charge in [0.05, 0.1) is 23.0 Å². The molecule has 4 aromatic heterocycles. The Hall–Kier alpha value is -5.70. The number of aromatic nitrogens is 6. The second-order valence-corrected chi connectivity index (χ2v) is 17.2. The highest BCUT2D eigenvalue weighted by atomic mass is 35.5. The molecule has 0 spiro atoms. The van der Waals surface area contributed by atoms with E-state index in [1.807, 2.05) is 105 Å². The van der Waals surface area contributed by atoms with Crippen molar-refractivity contribution >= 4 is 46.2 Å². The van der Waals surface area contributed by atoms with Crippen molar-refractivity contribution in [2.45, 2.75) is 77.2 Å². The van der Waals surface area contributed by atoms with Crippen LogP contribution >= 0.6 is 11.6 Å². The van der Waals surface area contributed by atoms with E-state index in [1.54, 1.807) is 6.20 Å². The number of alkyl carbamates (subject to hydrolysis) is 1. The van der Waals surface area contributed by atoms with Crippen LogP contribution in [0.2, 0.25) is 5.02 Å². The lowest BCUT2D eigenvalue weighted by atomic mass is 9.96. The number of nitrogens with one attached hydrogen (secondary N) is 1. The number of nitrogens with zero attached hydrogens (tertiary/aromatic N) is 8. The third kappa shape index (κ3) is 7.52. The number of hydrogen-bond donors (Lipinski definition) is 2. The van der Waals surface area contributed by atoms with Crippen LogP contribution in [0.1, 0.15) is 81.0 Å². The first-order valence-electron chi connectivity index (χ1n) is 20.6. The number of halogens is 1. The van der Waals surface area contributed by atoms with Gasteiger partial charge in [-0.1, -0.05) is 77.4 Å². The lowest BCUT2D eigenvalue weighted by Gasteiger charge is -2.29. The highest BCUT2D eigenvalue weighted by Crippen LogP contribution is 2.63. The number of rotatable bonds is 10. The zero-order chi connectivity index (χ0) is 41.6. The Bertz CT molecular complexity index is 2510. The molecule has 0 radical (unpaired) electrons. The molecule has 4 unspecified atom stereocenters. The number of hydrogen-bond acceptors (Lipinski definition) is 12. The van der Waals surface area contributed by atoms with E-state index in [-0.39, 0.29) is 24.7 Å². The van der Waals surface area contributed by atoms with Crippen LogP contribution < -0.4 is 10.2 Å². The molecule has 2 aliphatic heterocycles. The quantitative estimate of drug-likeness (QED) is 0.128. The Kier molecular flexibility index (Phi) is 10.6. The van der Waals surface area contributed by atoms with Crippen LogP contribution in [0.25, 0.3) is 22.4 Å². The van der Waals surface area contributed by atoms with Crippen molar-refractivity contribution < 1.29 is 23.9 Å². The summed E-state index contributed by atoms with van der Waals surface area (Å²) in [5, 5.41) is 23.8. The van der Waals surface area contributed by atoms with Gasteiger partial charge < -0.3 is 29.3 Å². The fraction of sp³-hybridized carbons (Fsp3) is 0.400. The van der Waals surface area contributed by atoms with E-state index < -0.39 is 17.1 Å². The maximum atomic E-state index is 12.9. The van der Waals surface area contributed by atoms with Crippen molar-refractivity contribution in [1.82, 2.24) is 35.2 Å². The zero-order valence-electron chi connectivity index (χ0n) is 34.1. The number of anilines is 1. The molecule has 60 heavy (non-hydrogen) atoms. The molecular formula is C45H48ClN9O5. The summed E-state index contributed by atoms with van der Waals surface area (Å²) in [6.45, 7) is 9.26. The van der Waals surface area contributed by atoms with Crippen LogP contribution in [0.3, 0.4) is 0 Å². The smallest absolute Gasteiger partial charge is 0.407 e. The highest BCUT2D eigenvalue weighted by molar-refractivity contribution is 6.36. The molecule has 15 heteroatoms. The molecule has 1 saturated carbocycles. The van der Waals surface area contributed by atoms with Gasteiger partial charge >= 0.3 is 6.09 Å². The number of aliphatic hydroxyl groups is 1. The van der Waals surface area contributed by atoms with Gasteiger partial charge in [-0.05, 0) is 71.3 Å². The van der Waals surface area contributed by atoms with Crippen molar-refractivity contribution in [1.29, 1.82) is 0 Å². The number of ether oxygens (including phenoxy) is 2. The Morgan fingerprint density at radius 3 is 2.43 bits per heavy atom. The number of pyridine rings is 1. The van der Waals surface area contributed by atoms with Crippen LogP contribution in [0, 0.1) is 18.8 Å². The molecule has 1 aliphatic carbocycles. The normalized spacial score (nSPS) is 21.4. The maximum Gasteiger partial charge on any atom is 0.407 e. The van der Waals surface area contributed by atoms with Crippen molar-refractivity contribution in [3.05, 3.63) is 112 Å². The number of carbonyl (C=O) groups is 1. The van der Waals surface area contributed by atoms with Gasteiger partial charge in [0.25, 0.3) is 0 Å². The van der Waals surface area contributed by atoms with Crippen LogP contribution in [-0.2, 0) is 21.5 Å². The molecule has 3 fully saturated rings. The number of aliphatic imine (C=N–C) groups is 1. The Balaban J connectivity index is 1.10. The minimum atomic E-state index is -0.630. The summed E-state index contributed by atoms with van der Waals surface area (Å²) in [6.07, 6.45) is 4.32. The molecular weight excluding hydrogens is 782 g/mol. The lowest BCUT2D eigenvalue weighted by molar-refractivity contribution is -0.0368. The molecule has 0 bridgehead atoms. The molecule has 9 rings (SSSR count). The summed E-state index contributed by atoms with van der Waals surface area (Å²) in [6, 6.07) is 23.6. The van der Waals surface area contributed by atoms with Crippen LogP contribution in [0.4, 0.5) is 16.4 Å². The number of aryl methyl sites for hydroxylation is 1. The van der Waals surface area contributed by atoms with Gasteiger partial charge in [0.2, 0.25) is 0 Å². The third-order valence-electron chi connectivity index (χ3n) is 11.7. The van der Waals surface area contributed by atoms with Crippen LogP contribution in [-0.4, -0.2) is 78.6 Å². The zero-order valence-corrected chi connectivity index (χ0v) is 34.9. The van der Waals surface area contributed by atoms with Gasteiger partial charge in [-0.3, -0.25) is 0 Å². The second kappa shape index (κ2) is 16.1. The average molecular weight is 830 g/mol. The molecule has 310 valence electrons. The molecule has 2 N–H and O–H groups in total. The topological polar surface area (TPSA) is 166 Å². The fourth-order valence-corrected chi connectivity index (χ4v) is 9.18. The van der Waals surface area contributed by atoms with E-state index in [9.17, 15) is 9.90 Å². The van der Waals surface area contributed by atoms with Crippen molar-refractivity contribution in [2.75, 3.05) is 31.1 Å². The number of piperidine rings is 1. The van der Waals surface area contributed by atoms with E-state index in [0.717, 1.165) is 48.2 Å². The SMILES string of the molecule is Cc1cc(C2(CNC(=O)OC(C)(C)C)C3CCN(c4nc5c(nc4CO)c(-c4ccnc(N=C(c6ccccc6)c6ccccc6)c4Cl)nn5C4CCCCO4)CC32)no1. The van der Waals surface area contributed by atoms with Crippen molar-refractivity contribution in [3.8, 4) is 11.3 Å². The van der Waals surface area contributed by atoms with Gasteiger partial charge in [0.1, 0.15) is 28.3 Å². The number of carbonyl (C=O) groups excluding carboxylic acids is 1. The Labute approximate surface area is 353 Å². The van der Waals surface area contributed by atoms with Crippen LogP contribution in [0.5, 0.6) is 0 Å². The van der Waals surface area contributed by atoms with Gasteiger partial charge in [0, 0.05) is 60.6 Å². The molecule has 6 aromatic rings. The van der Waals surface area contributed by atoms with Gasteiger partial charge in [-0.15, -0.1) is 0 Å². The largest absolute Gasteiger partial charge is 0.444 e. The molecule has 2 saturated heterocycles. The van der Waals surface area contributed by atoms with E-state index >= 15 is 0 Å². The van der Waals surface area contributed by atoms with E-state index in [0.29, 0.717) is 76.8 Å². The molecule has 14 nitrogen and oxygen atoms in total. The number of fused-ring (bicyclic) bond motifs is 2. The first kappa shape index (κ1) is 39.7. The van der Waals surface area contributed by atoms with Gasteiger partial charge in [-0.2, -0.15) is 5.10 Å². The average Bonchev–Trinajstić information content (AvgIpc) is 3.45. The molecule has 3 aliphatic rings. The van der Waals surface area contributed by atoms with E-state index in [4.69, 9.17) is 45.7 Å². The molecule has 1 amide bonds. The lowest BCUT2D eigenvalue weighted by Crippen LogP contribution is -2.38. The minimum Gasteiger partial charge on any atom is -0.444 e. The van der Waals surface area contributed by atoms with E-state index in [2.05, 4.69) is 20.4 Å². The number of aliphatic hydroxyl groups excluding tert-OH is 1. The summed E-state index contributed by atoms with van der Waals surface area (Å²) < 4.78 is 19.3. The number of benzene rings is 2. The molecule has 6 heterocycles. The van der Waals surface area contributed by atoms with Gasteiger partial charge in [0.15, 0.2) is 23.5 Å². The highest BCUT2D eigenvalue weighted by Gasteiger charge is 2.68. The molecule has 4 atom stereocenters. The van der Waals surface area contributed by atoms with Crippen molar-refractivity contribution in [3.63, 3.8) is 0 Å². The van der Waals surface area contributed by atoms with Crippen molar-refractivity contribution in [2.24, 2.45) is 16.8 Å².